The highest BCUT2D eigenvalue weighted by Crippen LogP contribution is 2.17. The highest BCUT2D eigenvalue weighted by Gasteiger charge is 2.20. The largest absolute Gasteiger partial charge is 0.480 e. The van der Waals surface area contributed by atoms with E-state index in [1.165, 1.54) is 13.8 Å². The van der Waals surface area contributed by atoms with Crippen molar-refractivity contribution in [3.8, 4) is 0 Å². The first kappa shape index (κ1) is 16.7. The summed E-state index contributed by atoms with van der Waals surface area (Å²) in [5.41, 5.74) is 1.87. The Labute approximate surface area is 123 Å². The van der Waals surface area contributed by atoms with E-state index in [9.17, 15) is 14.4 Å². The molecule has 0 radical (unpaired) electrons. The van der Waals surface area contributed by atoms with Crippen molar-refractivity contribution in [3.05, 3.63) is 35.4 Å². The number of nitrogens with one attached hydrogen (secondary N) is 2. The molecule has 0 heterocycles. The molecule has 2 atom stereocenters. The maximum absolute atomic E-state index is 11.9. The third-order valence-corrected chi connectivity index (χ3v) is 2.99. The Morgan fingerprint density at radius 1 is 1.14 bits per heavy atom. The maximum atomic E-state index is 11.9. The first-order valence-corrected chi connectivity index (χ1v) is 6.65. The fraction of sp³-hybridized carbons (Fsp3) is 0.400. The number of aryl methyl sites for hydroxylation is 1. The average molecular weight is 292 g/mol. The Morgan fingerprint density at radius 3 is 2.19 bits per heavy atom. The number of amides is 2. The van der Waals surface area contributed by atoms with E-state index in [4.69, 9.17) is 5.11 Å². The molecular formula is C15H20N2O4. The lowest BCUT2D eigenvalue weighted by molar-refractivity contribution is -0.141. The number of carbonyl (C=O) groups excluding carboxylic acids is 2. The van der Waals surface area contributed by atoms with Crippen LogP contribution in [-0.2, 0) is 14.4 Å². The quantitative estimate of drug-likeness (QED) is 0.733. The van der Waals surface area contributed by atoms with Gasteiger partial charge in [-0.15, -0.1) is 0 Å². The summed E-state index contributed by atoms with van der Waals surface area (Å²) in [5, 5.41) is 13.8. The van der Waals surface area contributed by atoms with Crippen LogP contribution in [0.5, 0.6) is 0 Å². The van der Waals surface area contributed by atoms with Crippen LogP contribution in [0.15, 0.2) is 24.3 Å². The first-order chi connectivity index (χ1) is 9.79. The van der Waals surface area contributed by atoms with Crippen LogP contribution in [0.2, 0.25) is 0 Å². The molecule has 21 heavy (non-hydrogen) atoms. The molecule has 0 bridgehead atoms. The minimum atomic E-state index is -1.10. The topological polar surface area (TPSA) is 95.5 Å². The van der Waals surface area contributed by atoms with Crippen molar-refractivity contribution in [1.82, 2.24) is 10.6 Å². The molecule has 2 amide bonds. The van der Waals surface area contributed by atoms with Crippen LogP contribution >= 0.6 is 0 Å². The molecule has 0 aliphatic heterocycles. The van der Waals surface area contributed by atoms with Crippen LogP contribution < -0.4 is 10.6 Å². The van der Waals surface area contributed by atoms with Gasteiger partial charge in [0.2, 0.25) is 11.8 Å². The number of carboxylic acid groups (broad SMARTS) is 1. The monoisotopic (exact) mass is 292 g/mol. The van der Waals surface area contributed by atoms with Gasteiger partial charge >= 0.3 is 5.97 Å². The summed E-state index contributed by atoms with van der Waals surface area (Å²) in [6.45, 7) is 4.71. The summed E-state index contributed by atoms with van der Waals surface area (Å²) in [5.74, 6) is -1.78. The van der Waals surface area contributed by atoms with Crippen molar-refractivity contribution in [2.24, 2.45) is 0 Å². The first-order valence-electron chi connectivity index (χ1n) is 6.65. The Kier molecular flexibility index (Phi) is 5.90. The Morgan fingerprint density at radius 2 is 1.71 bits per heavy atom. The van der Waals surface area contributed by atoms with Crippen molar-refractivity contribution in [1.29, 1.82) is 0 Å². The number of carboxylic acids is 1. The normalized spacial score (nSPS) is 13.1. The van der Waals surface area contributed by atoms with Crippen LogP contribution in [0.25, 0.3) is 0 Å². The minimum absolute atomic E-state index is 0.0136. The number of hydrogen-bond donors (Lipinski definition) is 3. The summed E-state index contributed by atoms with van der Waals surface area (Å²) in [7, 11) is 0. The minimum Gasteiger partial charge on any atom is -0.480 e. The lowest BCUT2D eigenvalue weighted by Crippen LogP contribution is -2.40. The molecule has 0 aliphatic rings. The third-order valence-electron chi connectivity index (χ3n) is 2.99. The fourth-order valence-corrected chi connectivity index (χ4v) is 1.84. The van der Waals surface area contributed by atoms with Gasteiger partial charge in [0.05, 0.1) is 12.5 Å². The summed E-state index contributed by atoms with van der Waals surface area (Å²) < 4.78 is 0. The second-order valence-corrected chi connectivity index (χ2v) is 5.00. The van der Waals surface area contributed by atoms with Gasteiger partial charge in [-0.1, -0.05) is 29.8 Å². The predicted molar refractivity (Wildman–Crippen MR) is 77.6 cm³/mol. The van der Waals surface area contributed by atoms with E-state index in [0.717, 1.165) is 11.1 Å². The van der Waals surface area contributed by atoms with Gasteiger partial charge in [-0.05, 0) is 19.4 Å². The predicted octanol–water partition coefficient (Wildman–Crippen LogP) is 1.15. The molecule has 0 spiro atoms. The Bertz CT molecular complexity index is 525. The lowest BCUT2D eigenvalue weighted by atomic mass is 10.0. The highest BCUT2D eigenvalue weighted by molar-refractivity contribution is 5.84. The zero-order valence-electron chi connectivity index (χ0n) is 12.3. The van der Waals surface area contributed by atoms with Gasteiger partial charge in [0.1, 0.15) is 6.04 Å². The molecule has 1 rings (SSSR count). The van der Waals surface area contributed by atoms with E-state index in [-0.39, 0.29) is 12.3 Å². The number of rotatable bonds is 6. The average Bonchev–Trinajstić information content (AvgIpc) is 2.38. The molecule has 0 saturated heterocycles. The van der Waals surface area contributed by atoms with E-state index in [1.54, 1.807) is 0 Å². The Balaban J connectivity index is 2.79. The standard InChI is InChI=1S/C15H20N2O4/c1-9-4-6-12(7-5-9)13(17-11(3)18)8-14(19)16-10(2)15(20)21/h4-7,10,13H,8H2,1-3H3,(H,16,19)(H,17,18)(H,20,21). The molecule has 0 fully saturated rings. The molecule has 1 aromatic rings. The molecule has 1 aromatic carbocycles. The van der Waals surface area contributed by atoms with Crippen LogP contribution in [0.4, 0.5) is 0 Å². The molecule has 6 heteroatoms. The van der Waals surface area contributed by atoms with Gasteiger partial charge in [-0.25, -0.2) is 0 Å². The van der Waals surface area contributed by atoms with Crippen molar-refractivity contribution < 1.29 is 19.5 Å². The molecule has 3 N–H and O–H groups in total. The van der Waals surface area contributed by atoms with Crippen LogP contribution in [0.3, 0.4) is 0 Å². The van der Waals surface area contributed by atoms with Crippen molar-refractivity contribution >= 4 is 17.8 Å². The second kappa shape index (κ2) is 7.42. The molecule has 0 saturated carbocycles. The molecule has 114 valence electrons. The van der Waals surface area contributed by atoms with Crippen LogP contribution in [0.1, 0.15) is 37.4 Å². The molecular weight excluding hydrogens is 272 g/mol. The number of aliphatic carboxylic acids is 1. The number of benzene rings is 1. The highest BCUT2D eigenvalue weighted by atomic mass is 16.4. The van der Waals surface area contributed by atoms with Gasteiger partial charge in [0, 0.05) is 6.92 Å². The summed E-state index contributed by atoms with van der Waals surface area (Å²) in [6.07, 6.45) is -0.0136. The summed E-state index contributed by atoms with van der Waals surface area (Å²) >= 11 is 0. The zero-order chi connectivity index (χ0) is 16.0. The van der Waals surface area contributed by atoms with Crippen molar-refractivity contribution in [2.75, 3.05) is 0 Å². The SMILES string of the molecule is CC(=O)NC(CC(=O)NC(C)C(=O)O)c1ccc(C)cc1. The lowest BCUT2D eigenvalue weighted by Gasteiger charge is -2.19. The maximum Gasteiger partial charge on any atom is 0.325 e. The number of carbonyl (C=O) groups is 3. The van der Waals surface area contributed by atoms with E-state index in [1.807, 2.05) is 31.2 Å². The van der Waals surface area contributed by atoms with Crippen molar-refractivity contribution in [3.63, 3.8) is 0 Å². The second-order valence-electron chi connectivity index (χ2n) is 5.00. The van der Waals surface area contributed by atoms with Gasteiger partial charge in [0.15, 0.2) is 0 Å². The van der Waals surface area contributed by atoms with Gasteiger partial charge in [-0.3, -0.25) is 14.4 Å². The van der Waals surface area contributed by atoms with Gasteiger partial charge in [0.25, 0.3) is 0 Å². The smallest absolute Gasteiger partial charge is 0.325 e. The molecule has 0 aromatic heterocycles. The molecule has 6 nitrogen and oxygen atoms in total. The molecule has 0 aliphatic carbocycles. The van der Waals surface area contributed by atoms with Crippen LogP contribution in [0, 0.1) is 6.92 Å². The van der Waals surface area contributed by atoms with Gasteiger partial charge in [-0.2, -0.15) is 0 Å². The number of hydrogen-bond acceptors (Lipinski definition) is 3. The summed E-state index contributed by atoms with van der Waals surface area (Å²) in [4.78, 5) is 33.9. The Hall–Kier alpha value is -2.37. The summed E-state index contributed by atoms with van der Waals surface area (Å²) in [6, 6.07) is 6.01. The van der Waals surface area contributed by atoms with E-state index < -0.39 is 24.0 Å². The van der Waals surface area contributed by atoms with E-state index >= 15 is 0 Å². The van der Waals surface area contributed by atoms with E-state index in [0.29, 0.717) is 0 Å². The van der Waals surface area contributed by atoms with Crippen molar-refractivity contribution in [2.45, 2.75) is 39.3 Å². The fourth-order valence-electron chi connectivity index (χ4n) is 1.84. The van der Waals surface area contributed by atoms with Crippen LogP contribution in [-0.4, -0.2) is 28.9 Å². The van der Waals surface area contributed by atoms with Gasteiger partial charge < -0.3 is 15.7 Å². The third kappa shape index (κ3) is 5.64. The molecule has 2 unspecified atom stereocenters. The van der Waals surface area contributed by atoms with E-state index in [2.05, 4.69) is 10.6 Å². The zero-order valence-corrected chi connectivity index (χ0v) is 12.3.